The van der Waals surface area contributed by atoms with Crippen molar-refractivity contribution in [3.8, 4) is 0 Å². The number of nitrogens with one attached hydrogen (secondary N) is 1. The predicted octanol–water partition coefficient (Wildman–Crippen LogP) is 3.32. The van der Waals surface area contributed by atoms with E-state index in [1.165, 1.54) is 19.3 Å². The zero-order valence-corrected chi connectivity index (χ0v) is 13.9. The molecule has 1 heterocycles. The molecule has 20 heavy (non-hydrogen) atoms. The van der Waals surface area contributed by atoms with Crippen molar-refractivity contribution >= 4 is 17.4 Å². The van der Waals surface area contributed by atoms with Crippen molar-refractivity contribution in [3.63, 3.8) is 0 Å². The van der Waals surface area contributed by atoms with Gasteiger partial charge in [-0.1, -0.05) is 32.4 Å². The Hall–Kier alpha value is -0.870. The van der Waals surface area contributed by atoms with E-state index in [1.54, 1.807) is 6.07 Å². The van der Waals surface area contributed by atoms with Gasteiger partial charge in [0.15, 0.2) is 0 Å². The van der Waals surface area contributed by atoms with Crippen LogP contribution in [0.25, 0.3) is 0 Å². The van der Waals surface area contributed by atoms with Gasteiger partial charge in [-0.15, -0.1) is 0 Å². The summed E-state index contributed by atoms with van der Waals surface area (Å²) in [5.74, 6) is 1.60. The molecular weight excluding hydrogens is 272 g/mol. The molecule has 0 unspecified atom stereocenters. The molecule has 0 bridgehead atoms. The van der Waals surface area contributed by atoms with Gasteiger partial charge in [0.05, 0.1) is 0 Å². The van der Waals surface area contributed by atoms with E-state index < -0.39 is 0 Å². The Kier molecular flexibility index (Phi) is 4.26. The quantitative estimate of drug-likeness (QED) is 0.865. The number of halogens is 1. The summed E-state index contributed by atoms with van der Waals surface area (Å²) in [5.41, 5.74) is 0.163. The van der Waals surface area contributed by atoms with Crippen LogP contribution < -0.4 is 5.32 Å². The monoisotopic (exact) mass is 296 g/mol. The van der Waals surface area contributed by atoms with Crippen LogP contribution in [-0.2, 0) is 5.41 Å². The Labute approximate surface area is 126 Å². The summed E-state index contributed by atoms with van der Waals surface area (Å²) in [4.78, 5) is 11.2. The van der Waals surface area contributed by atoms with Crippen LogP contribution in [0.15, 0.2) is 6.07 Å². The number of hydrogen-bond acceptors (Lipinski definition) is 4. The van der Waals surface area contributed by atoms with Gasteiger partial charge >= 0.3 is 0 Å². The Morgan fingerprint density at radius 1 is 1.30 bits per heavy atom. The largest absolute Gasteiger partial charge is 0.368 e. The molecule has 5 heteroatoms. The lowest BCUT2D eigenvalue weighted by atomic mass is 9.75. The second-order valence-corrected chi connectivity index (χ2v) is 7.36. The minimum Gasteiger partial charge on any atom is -0.368 e. The molecule has 1 aliphatic carbocycles. The fourth-order valence-corrected chi connectivity index (χ4v) is 2.65. The first-order valence-corrected chi connectivity index (χ1v) is 7.57. The van der Waals surface area contributed by atoms with Gasteiger partial charge in [0.1, 0.15) is 16.8 Å². The summed E-state index contributed by atoms with van der Waals surface area (Å²) in [7, 11) is 4.29. The first-order valence-electron chi connectivity index (χ1n) is 7.19. The fraction of sp³-hybridized carbons (Fsp3) is 0.733. The van der Waals surface area contributed by atoms with Crippen molar-refractivity contribution in [2.75, 3.05) is 26.0 Å². The third-order valence-electron chi connectivity index (χ3n) is 4.20. The van der Waals surface area contributed by atoms with Crippen molar-refractivity contribution in [1.29, 1.82) is 0 Å². The highest BCUT2D eigenvalue weighted by Gasteiger charge is 2.38. The van der Waals surface area contributed by atoms with Gasteiger partial charge in [-0.25, -0.2) is 9.97 Å². The van der Waals surface area contributed by atoms with E-state index in [-0.39, 0.29) is 11.0 Å². The average molecular weight is 297 g/mol. The third kappa shape index (κ3) is 3.23. The third-order valence-corrected chi connectivity index (χ3v) is 4.39. The molecule has 1 N–H and O–H groups in total. The molecule has 2 rings (SSSR count). The second kappa shape index (κ2) is 5.49. The van der Waals surface area contributed by atoms with Crippen molar-refractivity contribution in [1.82, 2.24) is 14.9 Å². The zero-order chi connectivity index (χ0) is 15.0. The van der Waals surface area contributed by atoms with Crippen molar-refractivity contribution in [3.05, 3.63) is 17.0 Å². The van der Waals surface area contributed by atoms with Crippen LogP contribution in [0.5, 0.6) is 0 Å². The standard InChI is InChI=1S/C15H25ClN4/c1-14(2,3)13-18-11(16)9-12(19-13)17-10-15(20(4)5)7-6-8-15/h9H,6-8,10H2,1-5H3,(H,17,18,19). The van der Waals surface area contributed by atoms with Crippen molar-refractivity contribution in [2.24, 2.45) is 0 Å². The number of likely N-dealkylation sites (N-methyl/N-ethyl adjacent to an activating group) is 1. The van der Waals surface area contributed by atoms with E-state index in [9.17, 15) is 0 Å². The molecule has 0 radical (unpaired) electrons. The molecule has 1 aromatic rings. The van der Waals surface area contributed by atoms with Crippen molar-refractivity contribution < 1.29 is 0 Å². The number of nitrogens with zero attached hydrogens (tertiary/aromatic N) is 3. The molecule has 4 nitrogen and oxygen atoms in total. The van der Waals surface area contributed by atoms with Gasteiger partial charge in [0.2, 0.25) is 0 Å². The van der Waals surface area contributed by atoms with E-state index in [0.717, 1.165) is 18.2 Å². The molecule has 1 aliphatic rings. The van der Waals surface area contributed by atoms with Crippen LogP contribution in [-0.4, -0.2) is 41.0 Å². The molecule has 1 aromatic heterocycles. The smallest absolute Gasteiger partial charge is 0.137 e. The predicted molar refractivity (Wildman–Crippen MR) is 84.5 cm³/mol. The highest BCUT2D eigenvalue weighted by atomic mass is 35.5. The van der Waals surface area contributed by atoms with E-state index in [2.05, 4.69) is 55.1 Å². The molecule has 0 saturated heterocycles. The van der Waals surface area contributed by atoms with Crippen LogP contribution in [0.4, 0.5) is 5.82 Å². The SMILES string of the molecule is CN(C)C1(CNc2cc(Cl)nc(C(C)(C)C)n2)CCC1. The average Bonchev–Trinajstić information content (AvgIpc) is 2.25. The van der Waals surface area contributed by atoms with Crippen LogP contribution >= 0.6 is 11.6 Å². The van der Waals surface area contributed by atoms with Crippen LogP contribution in [0.3, 0.4) is 0 Å². The van der Waals surface area contributed by atoms with Crippen LogP contribution in [0, 0.1) is 0 Å². The molecule has 0 spiro atoms. The number of rotatable bonds is 4. The molecule has 1 fully saturated rings. The fourth-order valence-electron chi connectivity index (χ4n) is 2.47. The topological polar surface area (TPSA) is 41.0 Å². The molecular formula is C15H25ClN4. The summed E-state index contributed by atoms with van der Waals surface area (Å²) < 4.78 is 0. The molecule has 112 valence electrons. The number of aromatic nitrogens is 2. The molecule has 0 atom stereocenters. The maximum absolute atomic E-state index is 6.11. The van der Waals surface area contributed by atoms with E-state index in [4.69, 9.17) is 11.6 Å². The normalized spacial score (nSPS) is 17.9. The lowest BCUT2D eigenvalue weighted by molar-refractivity contribution is 0.0738. The molecule has 0 aromatic carbocycles. The van der Waals surface area contributed by atoms with Gasteiger partial charge in [0, 0.05) is 23.6 Å². The first-order chi connectivity index (χ1) is 9.23. The van der Waals surface area contributed by atoms with Gasteiger partial charge in [-0.2, -0.15) is 0 Å². The van der Waals surface area contributed by atoms with Gasteiger partial charge < -0.3 is 10.2 Å². The Balaban J connectivity index is 2.12. The Bertz CT molecular complexity index is 475. The first kappa shape index (κ1) is 15.5. The van der Waals surface area contributed by atoms with E-state index in [1.807, 2.05) is 0 Å². The minimum absolute atomic E-state index is 0.100. The molecule has 0 amide bonds. The summed E-state index contributed by atoms with van der Waals surface area (Å²) in [6, 6.07) is 1.80. The summed E-state index contributed by atoms with van der Waals surface area (Å²) >= 11 is 6.11. The maximum Gasteiger partial charge on any atom is 0.137 e. The molecule has 0 aliphatic heterocycles. The highest BCUT2D eigenvalue weighted by Crippen LogP contribution is 2.36. The van der Waals surface area contributed by atoms with Gasteiger partial charge in [-0.05, 0) is 33.4 Å². The summed E-state index contributed by atoms with van der Waals surface area (Å²) in [6.45, 7) is 7.18. The Morgan fingerprint density at radius 2 is 1.95 bits per heavy atom. The number of hydrogen-bond donors (Lipinski definition) is 1. The van der Waals surface area contributed by atoms with E-state index in [0.29, 0.717) is 5.15 Å². The second-order valence-electron chi connectivity index (χ2n) is 6.98. The Morgan fingerprint density at radius 3 is 2.40 bits per heavy atom. The lowest BCUT2D eigenvalue weighted by Crippen LogP contribution is -2.54. The number of anilines is 1. The summed E-state index contributed by atoms with van der Waals surface area (Å²) in [6.07, 6.45) is 3.77. The van der Waals surface area contributed by atoms with Gasteiger partial charge in [0.25, 0.3) is 0 Å². The zero-order valence-electron chi connectivity index (χ0n) is 13.1. The molecule has 1 saturated carbocycles. The summed E-state index contributed by atoms with van der Waals surface area (Å²) in [5, 5.41) is 3.94. The van der Waals surface area contributed by atoms with Gasteiger partial charge in [-0.3, -0.25) is 0 Å². The maximum atomic E-state index is 6.11. The lowest BCUT2D eigenvalue weighted by Gasteiger charge is -2.47. The van der Waals surface area contributed by atoms with Crippen LogP contribution in [0.1, 0.15) is 45.9 Å². The minimum atomic E-state index is -0.100. The highest BCUT2D eigenvalue weighted by molar-refractivity contribution is 6.29. The van der Waals surface area contributed by atoms with Crippen LogP contribution in [0.2, 0.25) is 5.15 Å². The van der Waals surface area contributed by atoms with Crippen molar-refractivity contribution in [2.45, 2.75) is 51.0 Å². The van der Waals surface area contributed by atoms with E-state index >= 15 is 0 Å².